The third-order valence-electron chi connectivity index (χ3n) is 4.85. The lowest BCUT2D eigenvalue weighted by Crippen LogP contribution is -3.14. The van der Waals surface area contributed by atoms with Crippen molar-refractivity contribution in [3.8, 4) is 5.75 Å². The zero-order valence-electron chi connectivity index (χ0n) is 15.2. The molecule has 1 aromatic carbocycles. The van der Waals surface area contributed by atoms with Crippen molar-refractivity contribution in [3.05, 3.63) is 28.8 Å². The van der Waals surface area contributed by atoms with Crippen LogP contribution < -0.4 is 9.64 Å². The molecule has 0 aliphatic carbocycles. The molecule has 1 aromatic rings. The van der Waals surface area contributed by atoms with Gasteiger partial charge in [0.1, 0.15) is 5.75 Å². The molecule has 1 aliphatic rings. The van der Waals surface area contributed by atoms with Crippen LogP contribution in [0.25, 0.3) is 0 Å². The molecule has 0 radical (unpaired) electrons. The molecule has 1 unspecified atom stereocenters. The van der Waals surface area contributed by atoms with Crippen LogP contribution in [0.5, 0.6) is 5.75 Å². The molecule has 1 heterocycles. The molecule has 1 aliphatic heterocycles. The lowest BCUT2D eigenvalue weighted by atomic mass is 9.92. The van der Waals surface area contributed by atoms with Crippen molar-refractivity contribution >= 4 is 0 Å². The van der Waals surface area contributed by atoms with Crippen LogP contribution in [0.15, 0.2) is 12.1 Å². The van der Waals surface area contributed by atoms with Crippen molar-refractivity contribution in [1.29, 1.82) is 0 Å². The molecule has 0 saturated carbocycles. The summed E-state index contributed by atoms with van der Waals surface area (Å²) >= 11 is 0. The monoisotopic (exact) mass is 304 g/mol. The molecule has 0 amide bonds. The van der Waals surface area contributed by atoms with E-state index in [4.69, 9.17) is 4.74 Å². The summed E-state index contributed by atoms with van der Waals surface area (Å²) in [6, 6.07) is 4.42. The van der Waals surface area contributed by atoms with Crippen molar-refractivity contribution in [2.24, 2.45) is 11.8 Å². The van der Waals surface area contributed by atoms with Gasteiger partial charge in [0.05, 0.1) is 26.2 Å². The van der Waals surface area contributed by atoms with Crippen LogP contribution in [-0.2, 0) is 0 Å². The van der Waals surface area contributed by atoms with Gasteiger partial charge in [-0.25, -0.2) is 0 Å². The van der Waals surface area contributed by atoms with Crippen LogP contribution in [0.2, 0.25) is 0 Å². The van der Waals surface area contributed by atoms with E-state index in [1.807, 2.05) is 0 Å². The Hall–Kier alpha value is -1.02. The largest absolute Gasteiger partial charge is 0.493 e. The van der Waals surface area contributed by atoms with E-state index >= 15 is 0 Å². The number of likely N-dealkylation sites (tertiary alicyclic amines) is 1. The highest BCUT2D eigenvalue weighted by Crippen LogP contribution is 2.24. The van der Waals surface area contributed by atoms with E-state index < -0.39 is 0 Å². The Morgan fingerprint density at radius 1 is 1.00 bits per heavy atom. The first kappa shape index (κ1) is 17.3. The molecule has 0 spiro atoms. The minimum Gasteiger partial charge on any atom is -0.493 e. The Kier molecular flexibility index (Phi) is 6.31. The maximum atomic E-state index is 6.04. The molecular formula is C20H34NO+. The van der Waals surface area contributed by atoms with Crippen LogP contribution in [0, 0.1) is 32.6 Å². The van der Waals surface area contributed by atoms with E-state index in [0.717, 1.165) is 24.2 Å². The Balaban J connectivity index is 1.69. The van der Waals surface area contributed by atoms with Gasteiger partial charge in [0, 0.05) is 11.8 Å². The highest BCUT2D eigenvalue weighted by atomic mass is 16.5. The molecule has 1 saturated heterocycles. The third kappa shape index (κ3) is 5.01. The van der Waals surface area contributed by atoms with Crippen molar-refractivity contribution < 1.29 is 9.64 Å². The third-order valence-corrected chi connectivity index (χ3v) is 4.85. The quantitative estimate of drug-likeness (QED) is 0.796. The molecule has 1 fully saturated rings. The number of aryl methyl sites for hydroxylation is 3. The average Bonchev–Trinajstić information content (AvgIpc) is 2.39. The molecule has 0 aromatic heterocycles. The summed E-state index contributed by atoms with van der Waals surface area (Å²) in [5.74, 6) is 2.89. The molecule has 2 rings (SSSR count). The van der Waals surface area contributed by atoms with Gasteiger partial charge in [0.25, 0.3) is 0 Å². The Bertz CT molecular complexity index is 450. The maximum absolute atomic E-state index is 6.04. The van der Waals surface area contributed by atoms with E-state index in [1.54, 1.807) is 4.90 Å². The number of hydrogen-bond acceptors (Lipinski definition) is 1. The first-order chi connectivity index (χ1) is 10.5. The lowest BCUT2D eigenvalue weighted by Gasteiger charge is -2.32. The second-order valence-corrected chi connectivity index (χ2v) is 7.64. The Morgan fingerprint density at radius 2 is 1.59 bits per heavy atom. The fourth-order valence-corrected chi connectivity index (χ4v) is 4.17. The van der Waals surface area contributed by atoms with Gasteiger partial charge in [-0.1, -0.05) is 31.5 Å². The molecule has 22 heavy (non-hydrogen) atoms. The Morgan fingerprint density at radius 3 is 2.18 bits per heavy atom. The van der Waals surface area contributed by atoms with Gasteiger partial charge < -0.3 is 9.64 Å². The van der Waals surface area contributed by atoms with Crippen LogP contribution >= 0.6 is 0 Å². The lowest BCUT2D eigenvalue weighted by molar-refractivity contribution is -0.912. The van der Waals surface area contributed by atoms with Crippen molar-refractivity contribution in [2.45, 2.75) is 53.9 Å². The summed E-state index contributed by atoms with van der Waals surface area (Å²) in [6.45, 7) is 16.1. The van der Waals surface area contributed by atoms with Crippen LogP contribution in [0.1, 0.15) is 49.8 Å². The van der Waals surface area contributed by atoms with Crippen molar-refractivity contribution in [2.75, 3.05) is 26.2 Å². The molecule has 124 valence electrons. The number of benzene rings is 1. The fourth-order valence-electron chi connectivity index (χ4n) is 4.17. The molecule has 3 atom stereocenters. The number of nitrogens with one attached hydrogen (secondary N) is 1. The topological polar surface area (TPSA) is 13.7 Å². The smallest absolute Gasteiger partial charge is 0.125 e. The number of hydrogen-bond donors (Lipinski definition) is 1. The van der Waals surface area contributed by atoms with Gasteiger partial charge in [0.15, 0.2) is 0 Å². The summed E-state index contributed by atoms with van der Waals surface area (Å²) < 4.78 is 6.04. The number of rotatable bonds is 6. The first-order valence-electron chi connectivity index (χ1n) is 9.00. The first-order valence-corrected chi connectivity index (χ1v) is 9.00. The van der Waals surface area contributed by atoms with Crippen molar-refractivity contribution in [3.63, 3.8) is 0 Å². The van der Waals surface area contributed by atoms with Gasteiger partial charge >= 0.3 is 0 Å². The van der Waals surface area contributed by atoms with Crippen LogP contribution in [0.4, 0.5) is 0 Å². The average molecular weight is 304 g/mol. The van der Waals surface area contributed by atoms with E-state index in [2.05, 4.69) is 46.8 Å². The van der Waals surface area contributed by atoms with E-state index in [9.17, 15) is 0 Å². The second kappa shape index (κ2) is 8.01. The van der Waals surface area contributed by atoms with E-state index in [1.165, 1.54) is 55.6 Å². The highest BCUT2D eigenvalue weighted by molar-refractivity contribution is 5.42. The molecule has 2 nitrogen and oxygen atoms in total. The summed E-state index contributed by atoms with van der Waals surface area (Å²) in [4.78, 5) is 1.80. The van der Waals surface area contributed by atoms with Gasteiger partial charge in [0.2, 0.25) is 0 Å². The van der Waals surface area contributed by atoms with Gasteiger partial charge in [-0.15, -0.1) is 0 Å². The Labute approximate surface area is 136 Å². The van der Waals surface area contributed by atoms with Crippen LogP contribution in [0.3, 0.4) is 0 Å². The minimum atomic E-state index is 0.850. The van der Waals surface area contributed by atoms with Gasteiger partial charge in [-0.2, -0.15) is 0 Å². The highest BCUT2D eigenvalue weighted by Gasteiger charge is 2.24. The maximum Gasteiger partial charge on any atom is 0.125 e. The zero-order valence-corrected chi connectivity index (χ0v) is 15.2. The predicted molar refractivity (Wildman–Crippen MR) is 93.9 cm³/mol. The number of piperidine rings is 1. The minimum absolute atomic E-state index is 0.850. The zero-order chi connectivity index (χ0) is 16.1. The van der Waals surface area contributed by atoms with Gasteiger partial charge in [-0.3, -0.25) is 0 Å². The second-order valence-electron chi connectivity index (χ2n) is 7.64. The van der Waals surface area contributed by atoms with E-state index in [-0.39, 0.29) is 0 Å². The predicted octanol–water partition coefficient (Wildman–Crippen LogP) is 3.33. The fraction of sp³-hybridized carbons (Fsp3) is 0.700. The van der Waals surface area contributed by atoms with Crippen LogP contribution in [-0.4, -0.2) is 26.2 Å². The summed E-state index contributed by atoms with van der Waals surface area (Å²) in [7, 11) is 0. The number of quaternary nitrogens is 1. The van der Waals surface area contributed by atoms with Gasteiger partial charge in [-0.05, 0) is 51.2 Å². The van der Waals surface area contributed by atoms with E-state index in [0.29, 0.717) is 0 Å². The molecular weight excluding hydrogens is 270 g/mol. The van der Waals surface area contributed by atoms with Crippen molar-refractivity contribution in [1.82, 2.24) is 0 Å². The molecule has 0 bridgehead atoms. The standard InChI is InChI=1S/C20H33NO/c1-15-11-18(4)20(19(5)12-15)22-9-7-6-8-21-13-16(2)10-17(3)14-21/h11-12,16-17H,6-10,13-14H2,1-5H3/p+1/t16-,17+. The summed E-state index contributed by atoms with van der Waals surface area (Å²) in [6.07, 6.45) is 3.86. The molecule has 1 N–H and O–H groups in total. The number of ether oxygens (including phenoxy) is 1. The normalized spacial score (nSPS) is 25.2. The summed E-state index contributed by atoms with van der Waals surface area (Å²) in [5, 5.41) is 0. The summed E-state index contributed by atoms with van der Waals surface area (Å²) in [5.41, 5.74) is 3.85. The SMILES string of the molecule is Cc1cc(C)c(OCCCC[NH+]2C[C@H](C)C[C@H](C)C2)c(C)c1. The molecule has 2 heteroatoms. The number of unbranched alkanes of at least 4 members (excludes halogenated alkanes) is 1.